The number of nitrogens with zero attached hydrogens (tertiary/aromatic N) is 1. The van der Waals surface area contributed by atoms with Crippen LogP contribution in [-0.2, 0) is 0 Å². The molecule has 1 aromatic rings. The molecule has 1 aromatic carbocycles. The summed E-state index contributed by atoms with van der Waals surface area (Å²) in [5.41, 5.74) is 6.17. The van der Waals surface area contributed by atoms with Crippen LogP contribution in [0.5, 0.6) is 5.75 Å². The number of ether oxygens (including phenoxy) is 1. The fraction of sp³-hybridized carbons (Fsp3) is 0.417. The Kier molecular flexibility index (Phi) is 4.64. The van der Waals surface area contributed by atoms with Crippen LogP contribution in [0.15, 0.2) is 29.4 Å². The van der Waals surface area contributed by atoms with Crippen LogP contribution in [0.4, 0.5) is 0 Å². The van der Waals surface area contributed by atoms with E-state index in [2.05, 4.69) is 19.0 Å². The van der Waals surface area contributed by atoms with E-state index in [4.69, 9.17) is 15.7 Å². The van der Waals surface area contributed by atoms with Gasteiger partial charge in [0.2, 0.25) is 0 Å². The van der Waals surface area contributed by atoms with E-state index in [0.29, 0.717) is 23.8 Å². The van der Waals surface area contributed by atoms with E-state index in [0.717, 1.165) is 6.42 Å². The summed E-state index contributed by atoms with van der Waals surface area (Å²) in [4.78, 5) is 0. The second-order valence-electron chi connectivity index (χ2n) is 3.81. The number of hydrogen-bond donors (Lipinski definition) is 2. The summed E-state index contributed by atoms with van der Waals surface area (Å²) < 4.78 is 5.64. The molecule has 0 aliphatic heterocycles. The van der Waals surface area contributed by atoms with E-state index < -0.39 is 0 Å². The fourth-order valence-corrected chi connectivity index (χ4v) is 1.21. The molecule has 1 unspecified atom stereocenters. The summed E-state index contributed by atoms with van der Waals surface area (Å²) >= 11 is 0. The van der Waals surface area contributed by atoms with Crippen molar-refractivity contribution in [3.05, 3.63) is 29.8 Å². The first kappa shape index (κ1) is 12.4. The van der Waals surface area contributed by atoms with Crippen LogP contribution in [-0.4, -0.2) is 17.6 Å². The van der Waals surface area contributed by atoms with Gasteiger partial charge in [0.1, 0.15) is 5.75 Å². The Morgan fingerprint density at radius 3 is 2.81 bits per heavy atom. The SMILES string of the molecule is CCC(C)COc1ccccc1C(N)=NO. The number of oxime groups is 1. The summed E-state index contributed by atoms with van der Waals surface area (Å²) in [7, 11) is 0. The summed E-state index contributed by atoms with van der Waals surface area (Å²) in [6.07, 6.45) is 1.06. The Labute approximate surface area is 95.7 Å². The number of benzene rings is 1. The number of rotatable bonds is 5. The molecule has 0 aliphatic carbocycles. The lowest BCUT2D eigenvalue weighted by Crippen LogP contribution is -2.16. The van der Waals surface area contributed by atoms with Crippen molar-refractivity contribution < 1.29 is 9.94 Å². The van der Waals surface area contributed by atoms with E-state index in [1.54, 1.807) is 6.07 Å². The number of para-hydroxylation sites is 1. The van der Waals surface area contributed by atoms with Crippen molar-refractivity contribution >= 4 is 5.84 Å². The highest BCUT2D eigenvalue weighted by atomic mass is 16.5. The minimum Gasteiger partial charge on any atom is -0.493 e. The summed E-state index contributed by atoms with van der Waals surface area (Å²) in [5, 5.41) is 11.6. The van der Waals surface area contributed by atoms with Crippen LogP contribution in [0.1, 0.15) is 25.8 Å². The number of nitrogens with two attached hydrogens (primary N) is 1. The normalized spacial score (nSPS) is 13.5. The van der Waals surface area contributed by atoms with Gasteiger partial charge in [0.05, 0.1) is 12.2 Å². The van der Waals surface area contributed by atoms with Gasteiger partial charge in [0.25, 0.3) is 0 Å². The monoisotopic (exact) mass is 222 g/mol. The number of amidine groups is 1. The van der Waals surface area contributed by atoms with E-state index in [1.165, 1.54) is 0 Å². The first-order chi connectivity index (χ1) is 7.69. The third kappa shape index (κ3) is 3.15. The first-order valence-corrected chi connectivity index (χ1v) is 5.38. The maximum Gasteiger partial charge on any atom is 0.173 e. The molecule has 1 rings (SSSR count). The largest absolute Gasteiger partial charge is 0.493 e. The molecule has 0 heterocycles. The third-order valence-corrected chi connectivity index (χ3v) is 2.49. The molecule has 4 heteroatoms. The molecule has 0 saturated heterocycles. The van der Waals surface area contributed by atoms with Crippen molar-refractivity contribution in [3.63, 3.8) is 0 Å². The van der Waals surface area contributed by atoms with Crippen LogP contribution in [0.25, 0.3) is 0 Å². The molecule has 3 N–H and O–H groups in total. The number of hydrogen-bond acceptors (Lipinski definition) is 3. The highest BCUT2D eigenvalue weighted by Gasteiger charge is 2.08. The molecule has 0 amide bonds. The zero-order chi connectivity index (χ0) is 12.0. The van der Waals surface area contributed by atoms with Gasteiger partial charge in [0, 0.05) is 0 Å². The van der Waals surface area contributed by atoms with Gasteiger partial charge < -0.3 is 15.7 Å². The second-order valence-corrected chi connectivity index (χ2v) is 3.81. The van der Waals surface area contributed by atoms with Crippen molar-refractivity contribution in [1.82, 2.24) is 0 Å². The predicted molar refractivity (Wildman–Crippen MR) is 63.9 cm³/mol. The quantitative estimate of drug-likeness (QED) is 0.347. The summed E-state index contributed by atoms with van der Waals surface area (Å²) in [5.74, 6) is 1.21. The van der Waals surface area contributed by atoms with Gasteiger partial charge in [-0.3, -0.25) is 0 Å². The van der Waals surface area contributed by atoms with E-state index in [-0.39, 0.29) is 5.84 Å². The lowest BCUT2D eigenvalue weighted by atomic mass is 10.1. The predicted octanol–water partition coefficient (Wildman–Crippen LogP) is 2.21. The van der Waals surface area contributed by atoms with Crippen LogP contribution in [0.2, 0.25) is 0 Å². The average molecular weight is 222 g/mol. The average Bonchev–Trinajstić information content (AvgIpc) is 2.35. The lowest BCUT2D eigenvalue weighted by Gasteiger charge is -2.13. The maximum atomic E-state index is 8.64. The summed E-state index contributed by atoms with van der Waals surface area (Å²) in [6, 6.07) is 7.26. The molecule has 0 radical (unpaired) electrons. The minimum atomic E-state index is 0.0692. The van der Waals surface area contributed by atoms with Gasteiger partial charge >= 0.3 is 0 Å². The second kappa shape index (κ2) is 6.00. The Morgan fingerprint density at radius 2 is 2.19 bits per heavy atom. The van der Waals surface area contributed by atoms with E-state index in [9.17, 15) is 0 Å². The molecule has 0 bridgehead atoms. The van der Waals surface area contributed by atoms with Gasteiger partial charge in [-0.2, -0.15) is 0 Å². The Balaban J connectivity index is 2.79. The lowest BCUT2D eigenvalue weighted by molar-refractivity contribution is 0.256. The molecular weight excluding hydrogens is 204 g/mol. The molecule has 0 spiro atoms. The Hall–Kier alpha value is -1.71. The van der Waals surface area contributed by atoms with Gasteiger partial charge in [-0.05, 0) is 18.1 Å². The zero-order valence-corrected chi connectivity index (χ0v) is 9.68. The van der Waals surface area contributed by atoms with Crippen molar-refractivity contribution in [2.24, 2.45) is 16.8 Å². The maximum absolute atomic E-state index is 8.64. The molecule has 0 aliphatic rings. The molecule has 88 valence electrons. The molecule has 0 saturated carbocycles. The van der Waals surface area contributed by atoms with Crippen molar-refractivity contribution in [3.8, 4) is 5.75 Å². The van der Waals surface area contributed by atoms with E-state index >= 15 is 0 Å². The van der Waals surface area contributed by atoms with Crippen molar-refractivity contribution in [2.75, 3.05) is 6.61 Å². The van der Waals surface area contributed by atoms with E-state index in [1.807, 2.05) is 18.2 Å². The van der Waals surface area contributed by atoms with Crippen molar-refractivity contribution in [1.29, 1.82) is 0 Å². The van der Waals surface area contributed by atoms with Gasteiger partial charge in [-0.25, -0.2) is 0 Å². The molecule has 4 nitrogen and oxygen atoms in total. The fourth-order valence-electron chi connectivity index (χ4n) is 1.21. The van der Waals surface area contributed by atoms with Gasteiger partial charge in [-0.15, -0.1) is 0 Å². The molecule has 1 atom stereocenters. The Morgan fingerprint density at radius 1 is 1.50 bits per heavy atom. The van der Waals surface area contributed by atoms with Crippen LogP contribution < -0.4 is 10.5 Å². The standard InChI is InChI=1S/C12H18N2O2/c1-3-9(2)8-16-11-7-5-4-6-10(11)12(13)14-15/h4-7,9,15H,3,8H2,1-2H3,(H2,13,14). The molecule has 0 aromatic heterocycles. The third-order valence-electron chi connectivity index (χ3n) is 2.49. The smallest absolute Gasteiger partial charge is 0.173 e. The highest BCUT2D eigenvalue weighted by molar-refractivity contribution is 5.99. The van der Waals surface area contributed by atoms with Crippen molar-refractivity contribution in [2.45, 2.75) is 20.3 Å². The highest BCUT2D eigenvalue weighted by Crippen LogP contribution is 2.18. The van der Waals surface area contributed by atoms with Crippen LogP contribution >= 0.6 is 0 Å². The first-order valence-electron chi connectivity index (χ1n) is 5.38. The molecular formula is C12H18N2O2. The summed E-state index contributed by atoms with van der Waals surface area (Å²) in [6.45, 7) is 4.86. The topological polar surface area (TPSA) is 67.8 Å². The van der Waals surface area contributed by atoms with Crippen LogP contribution in [0.3, 0.4) is 0 Å². The minimum absolute atomic E-state index is 0.0692. The Bertz CT molecular complexity index is 364. The van der Waals surface area contributed by atoms with Crippen LogP contribution in [0, 0.1) is 5.92 Å². The molecule has 0 fully saturated rings. The van der Waals surface area contributed by atoms with Gasteiger partial charge in [-0.1, -0.05) is 37.6 Å². The zero-order valence-electron chi connectivity index (χ0n) is 9.68. The van der Waals surface area contributed by atoms with Gasteiger partial charge in [0.15, 0.2) is 5.84 Å². The molecule has 16 heavy (non-hydrogen) atoms.